The van der Waals surface area contributed by atoms with Crippen molar-refractivity contribution in [2.45, 2.75) is 71.6 Å². The lowest BCUT2D eigenvalue weighted by atomic mass is 9.71. The molecule has 4 nitrogen and oxygen atoms in total. The van der Waals surface area contributed by atoms with Gasteiger partial charge in [0.05, 0.1) is 12.7 Å². The Hall–Kier alpha value is -2.62. The largest absolute Gasteiger partial charge is 0.465 e. The summed E-state index contributed by atoms with van der Waals surface area (Å²) in [6, 6.07) is 7.98. The molecule has 3 rings (SSSR count). The molecule has 0 fully saturated rings. The number of benzene rings is 2. The van der Waals surface area contributed by atoms with Crippen molar-refractivity contribution in [2.24, 2.45) is 0 Å². The molecular formula is C26H32O4. The first kappa shape index (κ1) is 22.1. The Morgan fingerprint density at radius 3 is 1.87 bits per heavy atom. The number of carbonyl (C=O) groups excluding carboxylic acids is 2. The van der Waals surface area contributed by atoms with Gasteiger partial charge < -0.3 is 9.47 Å². The molecule has 1 aliphatic heterocycles. The summed E-state index contributed by atoms with van der Waals surface area (Å²) in [5.41, 5.74) is 4.11. The highest BCUT2D eigenvalue weighted by Gasteiger charge is 2.40. The molecule has 0 aromatic heterocycles. The van der Waals surface area contributed by atoms with Crippen LogP contribution in [0.2, 0.25) is 0 Å². The molecule has 0 atom stereocenters. The predicted molar refractivity (Wildman–Crippen MR) is 119 cm³/mol. The predicted octanol–water partition coefficient (Wildman–Crippen LogP) is 6.31. The average Bonchev–Trinajstić information content (AvgIpc) is 2.64. The second kappa shape index (κ2) is 6.97. The fraction of sp³-hybridized carbons (Fsp3) is 0.462. The van der Waals surface area contributed by atoms with Gasteiger partial charge in [-0.3, -0.25) is 4.79 Å². The summed E-state index contributed by atoms with van der Waals surface area (Å²) in [5.74, 6) is 0.540. The first-order valence-corrected chi connectivity index (χ1v) is 10.3. The van der Waals surface area contributed by atoms with Crippen LogP contribution < -0.4 is 4.74 Å². The van der Waals surface area contributed by atoms with Crippen LogP contribution >= 0.6 is 0 Å². The van der Waals surface area contributed by atoms with E-state index in [1.165, 1.54) is 7.11 Å². The standard InChI is InChI=1S/C26H32O4/c1-24(2,3)16-10-15(14-27)21-19(12-16)26(7,8)20-13-17(25(4,5)6)11-18(22(20)30-21)23(28)29-9/h10-14H,1-9H3. The van der Waals surface area contributed by atoms with E-state index in [0.717, 1.165) is 28.5 Å². The molecule has 2 aromatic carbocycles. The van der Waals surface area contributed by atoms with Crippen molar-refractivity contribution in [3.8, 4) is 11.5 Å². The summed E-state index contributed by atoms with van der Waals surface area (Å²) in [7, 11) is 1.37. The summed E-state index contributed by atoms with van der Waals surface area (Å²) < 4.78 is 11.4. The molecule has 0 amide bonds. The summed E-state index contributed by atoms with van der Waals surface area (Å²) in [4.78, 5) is 24.6. The molecule has 0 saturated carbocycles. The number of esters is 1. The van der Waals surface area contributed by atoms with Crippen molar-refractivity contribution in [3.63, 3.8) is 0 Å². The molecule has 0 unspecified atom stereocenters. The number of methoxy groups -OCH3 is 1. The third-order valence-electron chi connectivity index (χ3n) is 6.02. The molecule has 30 heavy (non-hydrogen) atoms. The Labute approximate surface area is 179 Å². The minimum atomic E-state index is -0.466. The molecule has 0 bridgehead atoms. The van der Waals surface area contributed by atoms with Gasteiger partial charge in [0.2, 0.25) is 0 Å². The average molecular weight is 409 g/mol. The van der Waals surface area contributed by atoms with Gasteiger partial charge in [0, 0.05) is 16.5 Å². The maximum absolute atomic E-state index is 12.7. The molecule has 0 radical (unpaired) electrons. The van der Waals surface area contributed by atoms with Crippen LogP contribution in [-0.2, 0) is 21.0 Å². The van der Waals surface area contributed by atoms with Crippen molar-refractivity contribution >= 4 is 12.3 Å². The maximum atomic E-state index is 12.7. The number of hydrogen-bond acceptors (Lipinski definition) is 4. The van der Waals surface area contributed by atoms with Crippen molar-refractivity contribution in [1.29, 1.82) is 0 Å². The van der Waals surface area contributed by atoms with E-state index in [9.17, 15) is 9.59 Å². The highest BCUT2D eigenvalue weighted by Crippen LogP contribution is 2.52. The normalized spacial score (nSPS) is 15.0. The minimum absolute atomic E-state index is 0.117. The Bertz CT molecular complexity index is 1030. The van der Waals surface area contributed by atoms with E-state index in [4.69, 9.17) is 9.47 Å². The fourth-order valence-corrected chi connectivity index (χ4v) is 3.89. The molecule has 2 aromatic rings. The Morgan fingerprint density at radius 2 is 1.40 bits per heavy atom. The van der Waals surface area contributed by atoms with Crippen LogP contribution in [0.5, 0.6) is 11.5 Å². The van der Waals surface area contributed by atoms with Crippen molar-refractivity contribution in [1.82, 2.24) is 0 Å². The van der Waals surface area contributed by atoms with Crippen LogP contribution in [0, 0.1) is 0 Å². The molecule has 0 spiro atoms. The summed E-state index contributed by atoms with van der Waals surface area (Å²) in [6.07, 6.45) is 0.830. The van der Waals surface area contributed by atoms with E-state index < -0.39 is 11.4 Å². The third kappa shape index (κ3) is 3.53. The van der Waals surface area contributed by atoms with Gasteiger partial charge in [0.1, 0.15) is 17.1 Å². The quantitative estimate of drug-likeness (QED) is 0.431. The highest BCUT2D eigenvalue weighted by molar-refractivity contribution is 5.94. The van der Waals surface area contributed by atoms with E-state index in [2.05, 4.69) is 67.5 Å². The van der Waals surface area contributed by atoms with E-state index >= 15 is 0 Å². The lowest BCUT2D eigenvalue weighted by molar-refractivity contribution is 0.0597. The van der Waals surface area contributed by atoms with Crippen LogP contribution in [0.4, 0.5) is 0 Å². The fourth-order valence-electron chi connectivity index (χ4n) is 3.89. The molecule has 160 valence electrons. The molecule has 1 heterocycles. The zero-order valence-corrected chi connectivity index (χ0v) is 19.5. The van der Waals surface area contributed by atoms with Gasteiger partial charge in [-0.25, -0.2) is 4.79 Å². The summed E-state index contributed by atoms with van der Waals surface area (Å²) in [5, 5.41) is 0. The minimum Gasteiger partial charge on any atom is -0.465 e. The topological polar surface area (TPSA) is 52.6 Å². The van der Waals surface area contributed by atoms with Gasteiger partial charge in [-0.2, -0.15) is 0 Å². The number of aldehydes is 1. The molecule has 0 aliphatic carbocycles. The number of ether oxygens (including phenoxy) is 2. The van der Waals surface area contributed by atoms with Gasteiger partial charge >= 0.3 is 5.97 Å². The van der Waals surface area contributed by atoms with Crippen LogP contribution in [0.15, 0.2) is 24.3 Å². The molecule has 4 heteroatoms. The van der Waals surface area contributed by atoms with E-state index in [-0.39, 0.29) is 10.8 Å². The van der Waals surface area contributed by atoms with Gasteiger partial charge in [-0.05, 0) is 34.1 Å². The zero-order chi connectivity index (χ0) is 22.6. The van der Waals surface area contributed by atoms with Crippen molar-refractivity contribution in [3.05, 3.63) is 57.6 Å². The van der Waals surface area contributed by atoms with Gasteiger partial charge in [0.15, 0.2) is 6.29 Å². The number of rotatable bonds is 2. The number of hydrogen-bond donors (Lipinski definition) is 0. The van der Waals surface area contributed by atoms with Crippen LogP contribution in [0.3, 0.4) is 0 Å². The second-order valence-corrected chi connectivity index (χ2v) is 10.7. The Balaban J connectivity index is 2.39. The number of fused-ring (bicyclic) bond motifs is 2. The third-order valence-corrected chi connectivity index (χ3v) is 6.02. The second-order valence-electron chi connectivity index (χ2n) is 10.7. The molecular weight excluding hydrogens is 376 g/mol. The first-order valence-electron chi connectivity index (χ1n) is 10.3. The van der Waals surface area contributed by atoms with Gasteiger partial charge in [-0.1, -0.05) is 67.5 Å². The van der Waals surface area contributed by atoms with E-state index in [1.54, 1.807) is 0 Å². The molecule has 1 aliphatic rings. The molecule has 0 N–H and O–H groups in total. The highest BCUT2D eigenvalue weighted by atomic mass is 16.5. The Kier molecular flexibility index (Phi) is 5.13. The number of carbonyl (C=O) groups is 2. The first-order chi connectivity index (χ1) is 13.7. The van der Waals surface area contributed by atoms with Crippen molar-refractivity contribution in [2.75, 3.05) is 7.11 Å². The van der Waals surface area contributed by atoms with Crippen LogP contribution in [0.25, 0.3) is 0 Å². The smallest absolute Gasteiger partial charge is 0.341 e. The van der Waals surface area contributed by atoms with Crippen LogP contribution in [0.1, 0.15) is 98.4 Å². The lowest BCUT2D eigenvalue weighted by Crippen LogP contribution is -2.29. The van der Waals surface area contributed by atoms with Crippen LogP contribution in [-0.4, -0.2) is 19.4 Å². The SMILES string of the molecule is COC(=O)c1cc(C(C)(C)C)cc2c1Oc1c(C=O)cc(C(C)(C)C)cc1C2(C)C. The zero-order valence-electron chi connectivity index (χ0n) is 19.5. The summed E-state index contributed by atoms with van der Waals surface area (Å²) >= 11 is 0. The van der Waals surface area contributed by atoms with Gasteiger partial charge in [0.25, 0.3) is 0 Å². The van der Waals surface area contributed by atoms with Crippen molar-refractivity contribution < 1.29 is 19.1 Å². The van der Waals surface area contributed by atoms with E-state index in [0.29, 0.717) is 22.6 Å². The Morgan fingerprint density at radius 1 is 0.900 bits per heavy atom. The van der Waals surface area contributed by atoms with Gasteiger partial charge in [-0.15, -0.1) is 0 Å². The lowest BCUT2D eigenvalue weighted by Gasteiger charge is -2.38. The summed E-state index contributed by atoms with van der Waals surface area (Å²) in [6.45, 7) is 16.9. The maximum Gasteiger partial charge on any atom is 0.341 e. The monoisotopic (exact) mass is 408 g/mol. The van der Waals surface area contributed by atoms with E-state index in [1.807, 2.05) is 12.1 Å². The molecule has 0 saturated heterocycles.